The second-order valence-corrected chi connectivity index (χ2v) is 3.07. The molecule has 62 valence electrons. The van der Waals surface area contributed by atoms with E-state index in [1.54, 1.807) is 0 Å². The molecule has 2 rings (SSSR count). The largest absolute Gasteiger partial charge is 0.399 e. The Kier molecular flexibility index (Phi) is 1.84. The maximum atomic E-state index is 5.57. The molecule has 1 aromatic carbocycles. The van der Waals surface area contributed by atoms with Gasteiger partial charge in [-0.15, -0.1) is 0 Å². The number of hydrogen-bond donors (Lipinski definition) is 2. The highest BCUT2D eigenvalue weighted by atomic mass is 14.9. The van der Waals surface area contributed by atoms with Crippen LogP contribution in [0.15, 0.2) is 29.8 Å². The molecule has 0 atom stereocenters. The van der Waals surface area contributed by atoms with Crippen molar-refractivity contribution in [1.29, 1.82) is 0 Å². The van der Waals surface area contributed by atoms with E-state index in [-0.39, 0.29) is 0 Å². The Hall–Kier alpha value is -1.28. The summed E-state index contributed by atoms with van der Waals surface area (Å²) < 4.78 is 0. The Balaban J connectivity index is 2.18. The Morgan fingerprint density at radius 1 is 1.17 bits per heavy atom. The molecule has 0 bridgehead atoms. The molecule has 0 radical (unpaired) electrons. The molecule has 0 aliphatic carbocycles. The van der Waals surface area contributed by atoms with Gasteiger partial charge in [0.15, 0.2) is 0 Å². The van der Waals surface area contributed by atoms with E-state index in [9.17, 15) is 0 Å². The lowest BCUT2D eigenvalue weighted by Crippen LogP contribution is -2.33. The van der Waals surface area contributed by atoms with E-state index >= 15 is 0 Å². The van der Waals surface area contributed by atoms with Crippen molar-refractivity contribution >= 4 is 11.8 Å². The Labute approximate surface area is 72.1 Å². The zero-order chi connectivity index (χ0) is 8.39. The van der Waals surface area contributed by atoms with Crippen LogP contribution in [0, 0.1) is 0 Å². The first-order valence-electron chi connectivity index (χ1n) is 4.10. The third kappa shape index (κ3) is 1.48. The number of nitrogens with two attached hydrogens (primary N) is 1. The molecular weight excluding hydrogens is 148 g/mol. The van der Waals surface area contributed by atoms with E-state index in [0.29, 0.717) is 0 Å². The van der Waals surface area contributed by atoms with Gasteiger partial charge < -0.3 is 11.1 Å². The third-order valence-corrected chi connectivity index (χ3v) is 2.01. The van der Waals surface area contributed by atoms with Gasteiger partial charge in [-0.3, -0.25) is 0 Å². The molecule has 1 aliphatic heterocycles. The molecule has 0 unspecified atom stereocenters. The molecule has 1 aromatic rings. The van der Waals surface area contributed by atoms with Crippen LogP contribution in [0.25, 0.3) is 6.08 Å². The van der Waals surface area contributed by atoms with Gasteiger partial charge in [-0.25, -0.2) is 0 Å². The van der Waals surface area contributed by atoms with E-state index in [1.807, 2.05) is 24.3 Å². The third-order valence-electron chi connectivity index (χ3n) is 2.01. The maximum Gasteiger partial charge on any atom is 0.0314 e. The predicted octanol–water partition coefficient (Wildman–Crippen LogP) is 1.26. The highest BCUT2D eigenvalue weighted by Gasteiger charge is 2.05. The van der Waals surface area contributed by atoms with E-state index in [1.165, 1.54) is 11.1 Å². The number of anilines is 1. The average Bonchev–Trinajstić information content (AvgIpc) is 2.00. The lowest BCUT2D eigenvalue weighted by molar-refractivity contribution is 0.675. The first kappa shape index (κ1) is 7.37. The Morgan fingerprint density at radius 3 is 2.33 bits per heavy atom. The summed E-state index contributed by atoms with van der Waals surface area (Å²) in [4.78, 5) is 0. The number of nitrogen functional groups attached to an aromatic ring is 1. The zero-order valence-corrected chi connectivity index (χ0v) is 6.88. The molecule has 0 amide bonds. The highest BCUT2D eigenvalue weighted by molar-refractivity contribution is 5.57. The van der Waals surface area contributed by atoms with Crippen molar-refractivity contribution in [3.05, 3.63) is 35.4 Å². The fourth-order valence-electron chi connectivity index (χ4n) is 1.20. The molecule has 2 nitrogen and oxygen atoms in total. The predicted molar refractivity (Wildman–Crippen MR) is 51.7 cm³/mol. The summed E-state index contributed by atoms with van der Waals surface area (Å²) in [5.41, 5.74) is 9.09. The van der Waals surface area contributed by atoms with Crippen molar-refractivity contribution in [1.82, 2.24) is 5.32 Å². The first-order chi connectivity index (χ1) is 5.84. The van der Waals surface area contributed by atoms with Crippen molar-refractivity contribution < 1.29 is 0 Å². The number of hydrogen-bond acceptors (Lipinski definition) is 2. The topological polar surface area (TPSA) is 38.0 Å². The molecule has 1 fully saturated rings. The minimum atomic E-state index is 0.823. The van der Waals surface area contributed by atoms with Crippen LogP contribution in [0.4, 0.5) is 5.69 Å². The summed E-state index contributed by atoms with van der Waals surface area (Å²) >= 11 is 0. The maximum absolute atomic E-state index is 5.57. The van der Waals surface area contributed by atoms with Crippen LogP contribution in [0.3, 0.4) is 0 Å². The summed E-state index contributed by atoms with van der Waals surface area (Å²) in [7, 11) is 0. The van der Waals surface area contributed by atoms with E-state index in [0.717, 1.165) is 18.8 Å². The Morgan fingerprint density at radius 2 is 1.83 bits per heavy atom. The lowest BCUT2D eigenvalue weighted by atomic mass is 10.1. The van der Waals surface area contributed by atoms with Crippen LogP contribution in [-0.2, 0) is 0 Å². The molecule has 1 aliphatic rings. The molecule has 0 aromatic heterocycles. The number of rotatable bonds is 1. The summed E-state index contributed by atoms with van der Waals surface area (Å²) in [5.74, 6) is 0. The highest BCUT2D eigenvalue weighted by Crippen LogP contribution is 2.11. The van der Waals surface area contributed by atoms with Crippen molar-refractivity contribution in [3.63, 3.8) is 0 Å². The Bertz CT molecular complexity index is 292. The number of benzene rings is 1. The van der Waals surface area contributed by atoms with Crippen LogP contribution in [0.5, 0.6) is 0 Å². The molecule has 0 saturated carbocycles. The van der Waals surface area contributed by atoms with Gasteiger partial charge in [-0.1, -0.05) is 18.2 Å². The SMILES string of the molecule is Nc1ccc(C=C2CNC2)cc1. The van der Waals surface area contributed by atoms with Crippen molar-refractivity contribution in [3.8, 4) is 0 Å². The summed E-state index contributed by atoms with van der Waals surface area (Å²) in [6, 6.07) is 7.94. The van der Waals surface area contributed by atoms with Gasteiger partial charge in [-0.2, -0.15) is 0 Å². The summed E-state index contributed by atoms with van der Waals surface area (Å²) in [6.07, 6.45) is 2.20. The smallest absolute Gasteiger partial charge is 0.0314 e. The zero-order valence-electron chi connectivity index (χ0n) is 6.88. The fraction of sp³-hybridized carbons (Fsp3) is 0.200. The summed E-state index contributed by atoms with van der Waals surface area (Å²) in [5, 5.41) is 3.20. The average molecular weight is 160 g/mol. The van der Waals surface area contributed by atoms with E-state index in [2.05, 4.69) is 11.4 Å². The summed E-state index contributed by atoms with van der Waals surface area (Å²) in [6.45, 7) is 2.06. The van der Waals surface area contributed by atoms with Crippen molar-refractivity contribution in [2.45, 2.75) is 0 Å². The van der Waals surface area contributed by atoms with Gasteiger partial charge >= 0.3 is 0 Å². The van der Waals surface area contributed by atoms with Crippen LogP contribution in [-0.4, -0.2) is 13.1 Å². The normalized spacial score (nSPS) is 15.5. The molecule has 2 heteroatoms. The quantitative estimate of drug-likeness (QED) is 0.607. The molecule has 0 spiro atoms. The van der Waals surface area contributed by atoms with Crippen LogP contribution in [0.2, 0.25) is 0 Å². The minimum absolute atomic E-state index is 0.823. The molecular formula is C10H12N2. The van der Waals surface area contributed by atoms with Gasteiger partial charge in [0.1, 0.15) is 0 Å². The van der Waals surface area contributed by atoms with Crippen LogP contribution >= 0.6 is 0 Å². The van der Waals surface area contributed by atoms with Gasteiger partial charge in [-0.05, 0) is 23.3 Å². The second kappa shape index (κ2) is 2.99. The standard InChI is InChI=1S/C10H12N2/c11-10-3-1-8(2-4-10)5-9-6-12-7-9/h1-5,12H,6-7,11H2. The number of nitrogens with one attached hydrogen (secondary N) is 1. The fourth-order valence-corrected chi connectivity index (χ4v) is 1.20. The minimum Gasteiger partial charge on any atom is -0.399 e. The molecule has 1 heterocycles. The van der Waals surface area contributed by atoms with Crippen LogP contribution < -0.4 is 11.1 Å². The van der Waals surface area contributed by atoms with E-state index in [4.69, 9.17) is 5.73 Å². The second-order valence-electron chi connectivity index (χ2n) is 3.07. The monoisotopic (exact) mass is 160 g/mol. The van der Waals surface area contributed by atoms with Crippen molar-refractivity contribution in [2.24, 2.45) is 0 Å². The first-order valence-corrected chi connectivity index (χ1v) is 4.10. The van der Waals surface area contributed by atoms with E-state index < -0.39 is 0 Å². The molecule has 12 heavy (non-hydrogen) atoms. The van der Waals surface area contributed by atoms with Crippen LogP contribution in [0.1, 0.15) is 5.56 Å². The molecule has 3 N–H and O–H groups in total. The van der Waals surface area contributed by atoms with Crippen molar-refractivity contribution in [2.75, 3.05) is 18.8 Å². The van der Waals surface area contributed by atoms with Gasteiger partial charge in [0.2, 0.25) is 0 Å². The van der Waals surface area contributed by atoms with Gasteiger partial charge in [0.05, 0.1) is 0 Å². The van der Waals surface area contributed by atoms with Gasteiger partial charge in [0.25, 0.3) is 0 Å². The van der Waals surface area contributed by atoms with Gasteiger partial charge in [0, 0.05) is 18.8 Å². The lowest BCUT2D eigenvalue weighted by Gasteiger charge is -2.18. The molecule has 1 saturated heterocycles.